The van der Waals surface area contributed by atoms with E-state index in [1.165, 1.54) is 0 Å². The number of unbranched alkanes of at least 4 members (excludes halogenated alkanes) is 6. The molecule has 0 spiro atoms. The van der Waals surface area contributed by atoms with Crippen LogP contribution in [0.15, 0.2) is 0 Å². The van der Waals surface area contributed by atoms with Crippen LogP contribution in [0.5, 0.6) is 0 Å². The van der Waals surface area contributed by atoms with Gasteiger partial charge >= 0.3 is 18.1 Å². The fourth-order valence-electron chi connectivity index (χ4n) is 5.67. The molecule has 0 bridgehead atoms. The van der Waals surface area contributed by atoms with Crippen LogP contribution in [0.2, 0.25) is 0 Å². The normalized spacial score (nSPS) is 13.5. The highest BCUT2D eigenvalue weighted by molar-refractivity contribution is 5.70. The first-order valence-corrected chi connectivity index (χ1v) is 18.9. The average Bonchev–Trinajstić information content (AvgIpc) is 2.93. The summed E-state index contributed by atoms with van der Waals surface area (Å²) in [4.78, 5) is 38.6. The van der Waals surface area contributed by atoms with Crippen molar-refractivity contribution in [3.8, 4) is 0 Å². The molecule has 0 fully saturated rings. The van der Waals surface area contributed by atoms with E-state index in [0.717, 1.165) is 89.9 Å². The maximum Gasteiger partial charge on any atom is 0.508 e. The van der Waals surface area contributed by atoms with Crippen molar-refractivity contribution in [3.63, 3.8) is 0 Å². The topological polar surface area (TPSA) is 88.1 Å². The molecular weight excluding hydrogens is 580 g/mol. The van der Waals surface area contributed by atoms with Crippen LogP contribution in [0.4, 0.5) is 4.79 Å². The van der Waals surface area contributed by atoms with Gasteiger partial charge in [-0.25, -0.2) is 4.79 Å². The average molecular weight is 655 g/mol. The molecule has 0 saturated heterocycles. The third-order valence-electron chi connectivity index (χ3n) is 8.53. The molecular formula is C39H74O7. The van der Waals surface area contributed by atoms with Crippen molar-refractivity contribution in [2.75, 3.05) is 0 Å². The van der Waals surface area contributed by atoms with Gasteiger partial charge in [-0.2, -0.15) is 0 Å². The Hall–Kier alpha value is -1.79. The van der Waals surface area contributed by atoms with E-state index in [1.54, 1.807) is 0 Å². The highest BCUT2D eigenvalue weighted by Crippen LogP contribution is 2.24. The van der Waals surface area contributed by atoms with E-state index in [2.05, 4.69) is 41.5 Å². The number of ether oxygens (including phenoxy) is 4. The van der Waals surface area contributed by atoms with E-state index in [9.17, 15) is 14.4 Å². The van der Waals surface area contributed by atoms with Gasteiger partial charge in [0.1, 0.15) is 23.4 Å². The maximum atomic E-state index is 13.1. The lowest BCUT2D eigenvalue weighted by molar-refractivity contribution is -0.158. The minimum atomic E-state index is -0.717. The minimum Gasteiger partial charge on any atom is -0.460 e. The van der Waals surface area contributed by atoms with Gasteiger partial charge in [-0.1, -0.05) is 92.9 Å². The SMILES string of the molecule is CCCCCCC(CCC(=O)OC(C)(C)CCCC(C)C)OC(=O)OC(CCCCCC)CCC(=O)OC(C)(C)CCCC(C)C. The zero-order valence-electron chi connectivity index (χ0n) is 31.8. The fourth-order valence-corrected chi connectivity index (χ4v) is 5.67. The molecule has 2 unspecified atom stereocenters. The standard InChI is InChI=1S/C39H74O7/c1-11-13-15-17-23-33(25-27-35(40)45-38(7,8)29-19-21-31(3)4)43-37(42)44-34(24-18-16-14-12-2)26-28-36(41)46-39(9,10)30-20-22-32(5)6/h31-34H,11-30H2,1-10H3. The zero-order valence-corrected chi connectivity index (χ0v) is 31.8. The molecule has 0 aromatic carbocycles. The first kappa shape index (κ1) is 44.2. The lowest BCUT2D eigenvalue weighted by atomic mass is 9.97. The fraction of sp³-hybridized carbons (Fsp3) is 0.923. The van der Waals surface area contributed by atoms with Crippen LogP contribution in [0.1, 0.15) is 198 Å². The monoisotopic (exact) mass is 655 g/mol. The third kappa shape index (κ3) is 26.3. The van der Waals surface area contributed by atoms with Crippen LogP contribution in [0.25, 0.3) is 0 Å². The van der Waals surface area contributed by atoms with Gasteiger partial charge < -0.3 is 18.9 Å². The molecule has 272 valence electrons. The predicted molar refractivity (Wildman–Crippen MR) is 189 cm³/mol. The van der Waals surface area contributed by atoms with Crippen LogP contribution in [0.3, 0.4) is 0 Å². The summed E-state index contributed by atoms with van der Waals surface area (Å²) >= 11 is 0. The first-order valence-electron chi connectivity index (χ1n) is 18.9. The molecule has 46 heavy (non-hydrogen) atoms. The van der Waals surface area contributed by atoms with E-state index in [1.807, 2.05) is 27.7 Å². The molecule has 0 saturated carbocycles. The van der Waals surface area contributed by atoms with Gasteiger partial charge in [0.15, 0.2) is 0 Å². The number of carbonyl (C=O) groups is 3. The quantitative estimate of drug-likeness (QED) is 0.0471. The molecule has 0 heterocycles. The third-order valence-corrected chi connectivity index (χ3v) is 8.53. The molecule has 0 N–H and O–H groups in total. The van der Waals surface area contributed by atoms with E-state index in [4.69, 9.17) is 18.9 Å². The smallest absolute Gasteiger partial charge is 0.460 e. The molecule has 0 rings (SSSR count). The molecule has 0 aliphatic heterocycles. The van der Waals surface area contributed by atoms with Gasteiger partial charge in [0.2, 0.25) is 0 Å². The Morgan fingerprint density at radius 2 is 0.870 bits per heavy atom. The van der Waals surface area contributed by atoms with E-state index in [0.29, 0.717) is 37.5 Å². The number of carbonyl (C=O) groups excluding carboxylic acids is 3. The Morgan fingerprint density at radius 3 is 1.20 bits per heavy atom. The summed E-state index contributed by atoms with van der Waals surface area (Å²) in [5.74, 6) is 0.727. The lowest BCUT2D eigenvalue weighted by Gasteiger charge is -2.26. The van der Waals surface area contributed by atoms with Crippen molar-refractivity contribution in [2.24, 2.45) is 11.8 Å². The van der Waals surface area contributed by atoms with Crippen LogP contribution in [0, 0.1) is 11.8 Å². The number of esters is 2. The second kappa shape index (κ2) is 25.3. The first-order chi connectivity index (χ1) is 21.6. The van der Waals surface area contributed by atoms with Crippen molar-refractivity contribution in [3.05, 3.63) is 0 Å². The largest absolute Gasteiger partial charge is 0.508 e. The summed E-state index contributed by atoms with van der Waals surface area (Å²) in [5.41, 5.74) is -1.03. The van der Waals surface area contributed by atoms with Gasteiger partial charge in [0.05, 0.1) is 0 Å². The van der Waals surface area contributed by atoms with Gasteiger partial charge in [-0.3, -0.25) is 9.59 Å². The van der Waals surface area contributed by atoms with E-state index < -0.39 is 29.6 Å². The Labute approximate surface area is 284 Å². The molecule has 7 heteroatoms. The molecule has 0 aromatic rings. The van der Waals surface area contributed by atoms with Crippen molar-refractivity contribution >= 4 is 18.1 Å². The van der Waals surface area contributed by atoms with Gasteiger partial charge in [0, 0.05) is 12.8 Å². The van der Waals surface area contributed by atoms with Crippen molar-refractivity contribution < 1.29 is 33.3 Å². The number of rotatable bonds is 28. The summed E-state index contributed by atoms with van der Waals surface area (Å²) in [6.07, 6.45) is 15.3. The van der Waals surface area contributed by atoms with Crippen molar-refractivity contribution in [1.82, 2.24) is 0 Å². The van der Waals surface area contributed by atoms with Crippen LogP contribution < -0.4 is 0 Å². The van der Waals surface area contributed by atoms with Gasteiger partial charge in [0.25, 0.3) is 0 Å². The molecule has 0 amide bonds. The van der Waals surface area contributed by atoms with Crippen molar-refractivity contribution in [2.45, 2.75) is 221 Å². The summed E-state index contributed by atoms with van der Waals surface area (Å²) < 4.78 is 23.3. The zero-order chi connectivity index (χ0) is 35.0. The second-order valence-electron chi connectivity index (χ2n) is 15.5. The van der Waals surface area contributed by atoms with Gasteiger partial charge in [-0.15, -0.1) is 0 Å². The van der Waals surface area contributed by atoms with Gasteiger partial charge in [-0.05, 0) is 104 Å². The minimum absolute atomic E-state index is 0.193. The Morgan fingerprint density at radius 1 is 0.500 bits per heavy atom. The molecule has 0 radical (unpaired) electrons. The number of hydrogen-bond donors (Lipinski definition) is 0. The maximum absolute atomic E-state index is 13.1. The highest BCUT2D eigenvalue weighted by Gasteiger charge is 2.27. The predicted octanol–water partition coefficient (Wildman–Crippen LogP) is 11.7. The Kier molecular flexibility index (Phi) is 24.3. The van der Waals surface area contributed by atoms with Crippen LogP contribution in [-0.2, 0) is 28.5 Å². The molecule has 0 aliphatic rings. The second-order valence-corrected chi connectivity index (χ2v) is 15.5. The lowest BCUT2D eigenvalue weighted by Crippen LogP contribution is -2.30. The summed E-state index contributed by atoms with van der Waals surface area (Å²) in [7, 11) is 0. The van der Waals surface area contributed by atoms with Crippen LogP contribution >= 0.6 is 0 Å². The van der Waals surface area contributed by atoms with Crippen LogP contribution in [-0.4, -0.2) is 41.5 Å². The molecule has 7 nitrogen and oxygen atoms in total. The number of hydrogen-bond acceptors (Lipinski definition) is 7. The Balaban J connectivity index is 5.17. The molecule has 0 aliphatic carbocycles. The highest BCUT2D eigenvalue weighted by atomic mass is 16.7. The van der Waals surface area contributed by atoms with E-state index in [-0.39, 0.29) is 24.8 Å². The van der Waals surface area contributed by atoms with E-state index >= 15 is 0 Å². The summed E-state index contributed by atoms with van der Waals surface area (Å²) in [6.45, 7) is 21.0. The molecule has 0 aromatic heterocycles. The Bertz CT molecular complexity index is 738. The summed E-state index contributed by atoms with van der Waals surface area (Å²) in [5, 5.41) is 0. The van der Waals surface area contributed by atoms with Crippen molar-refractivity contribution in [1.29, 1.82) is 0 Å². The summed E-state index contributed by atoms with van der Waals surface area (Å²) in [6, 6.07) is 0. The molecule has 2 atom stereocenters.